The number of fused-ring (bicyclic) bond motifs is 4. The molecule has 1 N–H and O–H groups in total. The van der Waals surface area contributed by atoms with E-state index in [1.807, 2.05) is 13.0 Å². The Hall–Kier alpha value is -6.02. The molecule has 3 fully saturated rings. The van der Waals surface area contributed by atoms with E-state index in [0.29, 0.717) is 30.2 Å². The van der Waals surface area contributed by atoms with Crippen molar-refractivity contribution in [2.24, 2.45) is 16.8 Å². The molecule has 0 bridgehead atoms. The van der Waals surface area contributed by atoms with Gasteiger partial charge in [-0.15, -0.1) is 21.5 Å². The molecular formula is C54H56F2N8O2S. The van der Waals surface area contributed by atoms with Gasteiger partial charge in [0.15, 0.2) is 5.82 Å². The summed E-state index contributed by atoms with van der Waals surface area (Å²) in [5.41, 5.74) is 12.2. The molecule has 1 aliphatic carbocycles. The van der Waals surface area contributed by atoms with Crippen LogP contribution < -0.4 is 9.80 Å². The zero-order valence-electron chi connectivity index (χ0n) is 38.6. The molecule has 5 aliphatic rings. The van der Waals surface area contributed by atoms with Gasteiger partial charge in [0.1, 0.15) is 28.5 Å². The first-order valence-corrected chi connectivity index (χ1v) is 24.6. The molecular weight excluding hydrogens is 863 g/mol. The van der Waals surface area contributed by atoms with Crippen molar-refractivity contribution in [2.75, 3.05) is 75.2 Å². The Bertz CT molecular complexity index is 2940. The quantitative estimate of drug-likeness (QED) is 0.145. The minimum Gasteiger partial charge on any atom is -0.478 e. The van der Waals surface area contributed by atoms with E-state index in [4.69, 9.17) is 4.99 Å². The Morgan fingerprint density at radius 3 is 1.97 bits per heavy atom. The lowest BCUT2D eigenvalue weighted by atomic mass is 9.87. The second kappa shape index (κ2) is 17.6. The summed E-state index contributed by atoms with van der Waals surface area (Å²) in [5.74, 6) is 0.920. The molecule has 0 saturated carbocycles. The number of hydrogen-bond donors (Lipinski definition) is 1. The highest BCUT2D eigenvalue weighted by Crippen LogP contribution is 2.43. The van der Waals surface area contributed by atoms with Crippen molar-refractivity contribution < 1.29 is 18.7 Å². The average molecular weight is 919 g/mol. The molecule has 0 amide bonds. The lowest BCUT2D eigenvalue weighted by Crippen LogP contribution is -2.57. The molecule has 4 aromatic carbocycles. The molecule has 6 heterocycles. The largest absolute Gasteiger partial charge is 0.478 e. The second-order valence-corrected chi connectivity index (χ2v) is 20.5. The third-order valence-electron chi connectivity index (χ3n) is 14.8. The van der Waals surface area contributed by atoms with E-state index in [9.17, 15) is 14.3 Å². The van der Waals surface area contributed by atoms with Gasteiger partial charge in [0.25, 0.3) is 0 Å². The third kappa shape index (κ3) is 8.18. The Kier molecular flexibility index (Phi) is 11.4. The number of aryl methyl sites for hydroxylation is 3. The van der Waals surface area contributed by atoms with Crippen molar-refractivity contribution in [3.05, 3.63) is 158 Å². The van der Waals surface area contributed by atoms with E-state index in [-0.39, 0.29) is 11.6 Å². The number of allylic oxidation sites excluding steroid dienone is 1. The predicted molar refractivity (Wildman–Crippen MR) is 263 cm³/mol. The molecule has 11 rings (SSSR count). The van der Waals surface area contributed by atoms with E-state index in [2.05, 4.69) is 104 Å². The first kappa shape index (κ1) is 43.5. The zero-order chi connectivity index (χ0) is 46.1. The van der Waals surface area contributed by atoms with E-state index < -0.39 is 17.6 Å². The van der Waals surface area contributed by atoms with Crippen molar-refractivity contribution in [1.82, 2.24) is 24.6 Å². The molecule has 67 heavy (non-hydrogen) atoms. The Balaban J connectivity index is 0.669. The van der Waals surface area contributed by atoms with Gasteiger partial charge in [-0.3, -0.25) is 9.56 Å². The van der Waals surface area contributed by atoms with Crippen molar-refractivity contribution in [3.63, 3.8) is 0 Å². The third-order valence-corrected chi connectivity index (χ3v) is 16.0. The van der Waals surface area contributed by atoms with Crippen molar-refractivity contribution >= 4 is 45.5 Å². The number of anilines is 2. The van der Waals surface area contributed by atoms with Crippen LogP contribution in [0.2, 0.25) is 0 Å². The van der Waals surface area contributed by atoms with Crippen LogP contribution in [0, 0.1) is 44.2 Å². The van der Waals surface area contributed by atoms with Gasteiger partial charge in [0.05, 0.1) is 11.3 Å². The Morgan fingerprint density at radius 1 is 0.746 bits per heavy atom. The van der Waals surface area contributed by atoms with Crippen LogP contribution in [0.5, 0.6) is 0 Å². The molecule has 0 spiro atoms. The van der Waals surface area contributed by atoms with Gasteiger partial charge < -0.3 is 24.7 Å². The van der Waals surface area contributed by atoms with Gasteiger partial charge in [0.2, 0.25) is 0 Å². The molecule has 6 aromatic rings. The molecule has 2 aromatic heterocycles. The van der Waals surface area contributed by atoms with Crippen LogP contribution in [0.1, 0.15) is 91.6 Å². The van der Waals surface area contributed by atoms with Crippen LogP contribution in [-0.2, 0) is 6.42 Å². The molecule has 0 unspecified atom stereocenters. The van der Waals surface area contributed by atoms with Crippen LogP contribution in [0.4, 0.5) is 20.2 Å². The van der Waals surface area contributed by atoms with E-state index >= 15 is 4.39 Å². The topological polar surface area (TPSA) is 93.3 Å². The summed E-state index contributed by atoms with van der Waals surface area (Å²) in [6.45, 7) is 19.4. The van der Waals surface area contributed by atoms with E-state index in [1.54, 1.807) is 23.5 Å². The van der Waals surface area contributed by atoms with Crippen LogP contribution in [-0.4, -0.2) is 107 Å². The number of aromatic carboxylic acids is 1. The van der Waals surface area contributed by atoms with Crippen LogP contribution >= 0.6 is 11.3 Å². The number of nitrogens with zero attached hydrogens (tertiary/aromatic N) is 8. The summed E-state index contributed by atoms with van der Waals surface area (Å²) in [5, 5.41) is 19.8. The average Bonchev–Trinajstić information content (AvgIpc) is 3.70. The number of piperazine rings is 1. The highest BCUT2D eigenvalue weighted by atomic mass is 32.1. The van der Waals surface area contributed by atoms with Gasteiger partial charge >= 0.3 is 5.97 Å². The van der Waals surface area contributed by atoms with E-state index in [0.717, 1.165) is 134 Å². The van der Waals surface area contributed by atoms with Gasteiger partial charge in [0, 0.05) is 116 Å². The second-order valence-electron chi connectivity index (χ2n) is 19.3. The normalized spacial score (nSPS) is 19.3. The van der Waals surface area contributed by atoms with Crippen molar-refractivity contribution in [3.8, 4) is 5.00 Å². The number of thiophene rings is 1. The minimum absolute atomic E-state index is 0.0915. The van der Waals surface area contributed by atoms with Crippen LogP contribution in [0.3, 0.4) is 0 Å². The summed E-state index contributed by atoms with van der Waals surface area (Å²) < 4.78 is 31.5. The summed E-state index contributed by atoms with van der Waals surface area (Å²) in [7, 11) is 0. The highest BCUT2D eigenvalue weighted by Gasteiger charge is 2.34. The molecule has 1 atom stereocenters. The Labute approximate surface area is 394 Å². The summed E-state index contributed by atoms with van der Waals surface area (Å²) >= 11 is 1.80. The van der Waals surface area contributed by atoms with E-state index in [1.165, 1.54) is 38.8 Å². The van der Waals surface area contributed by atoms with Gasteiger partial charge in [-0.25, -0.2) is 13.6 Å². The van der Waals surface area contributed by atoms with Crippen LogP contribution in [0.15, 0.2) is 89.9 Å². The smallest absolute Gasteiger partial charge is 0.335 e. The maximum Gasteiger partial charge on any atom is 0.335 e. The predicted octanol–water partition coefficient (Wildman–Crippen LogP) is 9.63. The molecule has 10 nitrogen and oxygen atoms in total. The molecule has 4 aliphatic heterocycles. The van der Waals surface area contributed by atoms with Crippen molar-refractivity contribution in [1.29, 1.82) is 0 Å². The van der Waals surface area contributed by atoms with Gasteiger partial charge in [-0.05, 0) is 129 Å². The number of halogens is 2. The highest BCUT2D eigenvalue weighted by molar-refractivity contribution is 7.15. The number of aliphatic imine (C=N–C) groups is 1. The summed E-state index contributed by atoms with van der Waals surface area (Å²) in [6.07, 6.45) is 1.99. The lowest BCUT2D eigenvalue weighted by Gasteiger charge is -2.46. The number of rotatable bonds is 10. The number of aromatic nitrogens is 3. The number of carboxylic acid groups (broad SMARTS) is 1. The molecule has 344 valence electrons. The maximum atomic E-state index is 15.3. The SMILES string of the molecule is Cc1sc2c(c1C)C(c1ccc(N3CC(CN4CCN(CC5CN(c6ccc(C7=C(c8ccc(F)cc8F)CCCc8cc(C(=O)O)ccc87)cc6)C5)CC4)C3)cc1)=N[C@@H](C)c1nnc(C)n1-2. The van der Waals surface area contributed by atoms with Gasteiger partial charge in [-0.2, -0.15) is 0 Å². The standard InChI is InChI=1S/C54H56F2N8O2S/c1-32-34(3)67-53-49(32)51(57-33(2)52-59-58-35(4)64(52)53)39-10-16-44(17-11-39)63-30-37(31-63)27-61-22-20-60(21-23-61)26-36-28-62(29-36)43-14-8-38(9-15-43)50-45-18-12-41(54(65)66)24-40(45)6-5-7-47(50)46-19-13-42(55)25-48(46)56/h8-19,24-25,33,36-37H,5-7,20-23,26-31H2,1-4H3,(H,65,66)/t33-/m0/s1. The van der Waals surface area contributed by atoms with Crippen LogP contribution in [0.25, 0.3) is 16.1 Å². The fraction of sp³-hybridized carbons (Fsp3) is 0.370. The molecule has 3 saturated heterocycles. The fourth-order valence-corrected chi connectivity index (χ4v) is 12.3. The maximum absolute atomic E-state index is 15.3. The first-order chi connectivity index (χ1) is 32.4. The zero-order valence-corrected chi connectivity index (χ0v) is 39.4. The number of hydrogen-bond acceptors (Lipinski definition) is 9. The number of carboxylic acids is 1. The fourth-order valence-electron chi connectivity index (χ4n) is 11.1. The van der Waals surface area contributed by atoms with Crippen molar-refractivity contribution in [2.45, 2.75) is 53.0 Å². The monoisotopic (exact) mass is 918 g/mol. The lowest BCUT2D eigenvalue weighted by molar-refractivity contribution is 0.0696. The number of carbonyl (C=O) groups is 1. The molecule has 13 heteroatoms. The minimum atomic E-state index is -0.971. The Morgan fingerprint density at radius 2 is 1.36 bits per heavy atom. The van der Waals surface area contributed by atoms with Gasteiger partial charge in [-0.1, -0.05) is 30.3 Å². The number of benzene rings is 4. The molecule has 0 radical (unpaired) electrons. The first-order valence-electron chi connectivity index (χ1n) is 23.8. The summed E-state index contributed by atoms with van der Waals surface area (Å²) in [6, 6.07) is 26.4. The summed E-state index contributed by atoms with van der Waals surface area (Å²) in [4.78, 5) is 28.6.